The molecule has 1 saturated carbocycles. The van der Waals surface area contributed by atoms with E-state index in [4.69, 9.17) is 0 Å². The van der Waals surface area contributed by atoms with Gasteiger partial charge in [0.05, 0.1) is 0 Å². The van der Waals surface area contributed by atoms with Crippen LogP contribution in [0, 0.1) is 6.92 Å². The number of hydrogen-bond acceptors (Lipinski definition) is 2. The Morgan fingerprint density at radius 3 is 3.00 bits per heavy atom. The third-order valence-electron chi connectivity index (χ3n) is 2.80. The molecule has 4 heteroatoms. The van der Waals surface area contributed by atoms with Gasteiger partial charge < -0.3 is 0 Å². The molecule has 0 N–H and O–H groups in total. The van der Waals surface area contributed by atoms with Crippen molar-refractivity contribution in [3.8, 4) is 0 Å². The number of aromatic nitrogens is 3. The Kier molecular flexibility index (Phi) is 1.68. The van der Waals surface area contributed by atoms with Crippen molar-refractivity contribution >= 4 is 21.6 Å². The molecule has 1 aliphatic rings. The van der Waals surface area contributed by atoms with Gasteiger partial charge in [-0.3, -0.25) is 0 Å². The molecule has 0 aromatic carbocycles. The molecular weight excluding hydrogens is 242 g/mol. The predicted molar refractivity (Wildman–Crippen MR) is 57.4 cm³/mol. The number of pyridine rings is 1. The lowest BCUT2D eigenvalue weighted by atomic mass is 10.1. The van der Waals surface area contributed by atoms with Crippen molar-refractivity contribution in [3.63, 3.8) is 0 Å². The summed E-state index contributed by atoms with van der Waals surface area (Å²) in [6.07, 6.45) is 6.18. The first-order valence-corrected chi connectivity index (χ1v) is 5.55. The molecule has 0 saturated heterocycles. The minimum absolute atomic E-state index is 0.708. The maximum absolute atomic E-state index is 4.31. The summed E-state index contributed by atoms with van der Waals surface area (Å²) in [5.74, 6) is 0.708. The smallest absolute Gasteiger partial charge is 0.159 e. The van der Waals surface area contributed by atoms with Crippen LogP contribution in [0.4, 0.5) is 0 Å². The lowest BCUT2D eigenvalue weighted by Gasteiger charge is -2.07. The molecule has 0 amide bonds. The van der Waals surface area contributed by atoms with Gasteiger partial charge in [-0.1, -0.05) is 0 Å². The zero-order valence-electron chi connectivity index (χ0n) is 7.87. The lowest BCUT2D eigenvalue weighted by molar-refractivity contribution is 0.930. The minimum atomic E-state index is 0.708. The molecule has 0 unspecified atom stereocenters. The molecular formula is C10H10BrN3. The second kappa shape index (κ2) is 2.79. The molecule has 1 fully saturated rings. The molecule has 72 valence electrons. The summed E-state index contributed by atoms with van der Waals surface area (Å²) < 4.78 is 2.97. The Hall–Kier alpha value is -0.900. The van der Waals surface area contributed by atoms with E-state index >= 15 is 0 Å². The normalized spacial score (nSPS) is 16.4. The fraction of sp³-hybridized carbons (Fsp3) is 0.400. The van der Waals surface area contributed by atoms with Crippen molar-refractivity contribution in [3.05, 3.63) is 28.1 Å². The average Bonchev–Trinajstić information content (AvgIpc) is 2.88. The molecule has 2 heterocycles. The van der Waals surface area contributed by atoms with E-state index in [1.165, 1.54) is 24.0 Å². The monoisotopic (exact) mass is 251 g/mol. The van der Waals surface area contributed by atoms with Crippen LogP contribution in [-0.4, -0.2) is 14.6 Å². The standard InChI is InChI=1S/C10H10BrN3/c1-6-8(11)4-14-10(12-5-13-14)9(6)7-2-3-7/h4-5,7H,2-3H2,1H3. The Morgan fingerprint density at radius 2 is 2.29 bits per heavy atom. The van der Waals surface area contributed by atoms with Gasteiger partial charge in [0.25, 0.3) is 0 Å². The predicted octanol–water partition coefficient (Wildman–Crippen LogP) is 2.68. The molecule has 2 aromatic rings. The molecule has 0 aliphatic heterocycles. The van der Waals surface area contributed by atoms with Crippen LogP contribution < -0.4 is 0 Å². The van der Waals surface area contributed by atoms with E-state index in [-0.39, 0.29) is 0 Å². The van der Waals surface area contributed by atoms with Crippen LogP contribution in [0.15, 0.2) is 17.0 Å². The minimum Gasteiger partial charge on any atom is -0.220 e. The van der Waals surface area contributed by atoms with Gasteiger partial charge in [0, 0.05) is 16.2 Å². The van der Waals surface area contributed by atoms with Gasteiger partial charge in [-0.25, -0.2) is 9.50 Å². The van der Waals surface area contributed by atoms with Gasteiger partial charge in [0.1, 0.15) is 6.33 Å². The summed E-state index contributed by atoms with van der Waals surface area (Å²) in [5, 5.41) is 4.17. The highest BCUT2D eigenvalue weighted by molar-refractivity contribution is 9.10. The first kappa shape index (κ1) is 8.41. The number of halogens is 1. The average molecular weight is 252 g/mol. The summed E-state index contributed by atoms with van der Waals surface area (Å²) in [4.78, 5) is 4.31. The van der Waals surface area contributed by atoms with Crippen LogP contribution in [0.25, 0.3) is 5.65 Å². The van der Waals surface area contributed by atoms with Crippen molar-refractivity contribution in [1.82, 2.24) is 14.6 Å². The summed E-state index contributed by atoms with van der Waals surface area (Å²) in [5.41, 5.74) is 3.71. The first-order chi connectivity index (χ1) is 6.77. The van der Waals surface area contributed by atoms with Gasteiger partial charge in [0.2, 0.25) is 0 Å². The van der Waals surface area contributed by atoms with Crippen molar-refractivity contribution < 1.29 is 0 Å². The molecule has 2 aromatic heterocycles. The topological polar surface area (TPSA) is 30.2 Å². The number of nitrogens with zero attached hydrogens (tertiary/aromatic N) is 3. The van der Waals surface area contributed by atoms with E-state index in [0.717, 1.165) is 10.1 Å². The van der Waals surface area contributed by atoms with Crippen molar-refractivity contribution in [1.29, 1.82) is 0 Å². The van der Waals surface area contributed by atoms with Crippen LogP contribution in [0.2, 0.25) is 0 Å². The highest BCUT2D eigenvalue weighted by Crippen LogP contribution is 2.44. The highest BCUT2D eigenvalue weighted by Gasteiger charge is 2.29. The quantitative estimate of drug-likeness (QED) is 0.781. The van der Waals surface area contributed by atoms with Crippen LogP contribution in [0.3, 0.4) is 0 Å². The fourth-order valence-electron chi connectivity index (χ4n) is 1.90. The van der Waals surface area contributed by atoms with Crippen LogP contribution in [-0.2, 0) is 0 Å². The second-order valence-corrected chi connectivity index (χ2v) is 4.67. The maximum atomic E-state index is 4.31. The van der Waals surface area contributed by atoms with Crippen molar-refractivity contribution in [2.45, 2.75) is 25.7 Å². The second-order valence-electron chi connectivity index (χ2n) is 3.82. The third-order valence-corrected chi connectivity index (χ3v) is 3.60. The number of rotatable bonds is 1. The highest BCUT2D eigenvalue weighted by atomic mass is 79.9. The van der Waals surface area contributed by atoms with Gasteiger partial charge in [-0.2, -0.15) is 5.10 Å². The maximum Gasteiger partial charge on any atom is 0.159 e. The van der Waals surface area contributed by atoms with E-state index < -0.39 is 0 Å². The summed E-state index contributed by atoms with van der Waals surface area (Å²) in [7, 11) is 0. The van der Waals surface area contributed by atoms with Gasteiger partial charge in [0.15, 0.2) is 5.65 Å². The molecule has 0 bridgehead atoms. The summed E-state index contributed by atoms with van der Waals surface area (Å²) in [6, 6.07) is 0. The first-order valence-electron chi connectivity index (χ1n) is 4.75. The molecule has 1 aliphatic carbocycles. The number of hydrogen-bond donors (Lipinski definition) is 0. The van der Waals surface area contributed by atoms with Gasteiger partial charge >= 0.3 is 0 Å². The zero-order valence-corrected chi connectivity index (χ0v) is 9.45. The Morgan fingerprint density at radius 1 is 1.50 bits per heavy atom. The van der Waals surface area contributed by atoms with E-state index in [9.17, 15) is 0 Å². The fourth-order valence-corrected chi connectivity index (χ4v) is 2.31. The van der Waals surface area contributed by atoms with Gasteiger partial charge in [-0.05, 0) is 47.2 Å². The van der Waals surface area contributed by atoms with Crippen molar-refractivity contribution in [2.75, 3.05) is 0 Å². The largest absolute Gasteiger partial charge is 0.220 e. The van der Waals surface area contributed by atoms with E-state index in [2.05, 4.69) is 32.9 Å². The summed E-state index contributed by atoms with van der Waals surface area (Å²) in [6.45, 7) is 2.15. The Bertz CT molecular complexity index is 499. The van der Waals surface area contributed by atoms with E-state index in [0.29, 0.717) is 5.92 Å². The molecule has 0 radical (unpaired) electrons. The Labute approximate surface area is 90.3 Å². The molecule has 14 heavy (non-hydrogen) atoms. The van der Waals surface area contributed by atoms with Crippen LogP contribution in [0.5, 0.6) is 0 Å². The lowest BCUT2D eigenvalue weighted by Crippen LogP contribution is -1.97. The zero-order chi connectivity index (χ0) is 9.71. The van der Waals surface area contributed by atoms with Crippen LogP contribution in [0.1, 0.15) is 29.9 Å². The van der Waals surface area contributed by atoms with E-state index in [1.807, 2.05) is 10.7 Å². The van der Waals surface area contributed by atoms with Gasteiger partial charge in [-0.15, -0.1) is 0 Å². The van der Waals surface area contributed by atoms with Crippen molar-refractivity contribution in [2.24, 2.45) is 0 Å². The Balaban J connectivity index is 2.40. The third kappa shape index (κ3) is 1.10. The SMILES string of the molecule is Cc1c(Br)cn2ncnc2c1C1CC1. The molecule has 3 nitrogen and oxygen atoms in total. The van der Waals surface area contributed by atoms with E-state index in [1.54, 1.807) is 6.33 Å². The van der Waals surface area contributed by atoms with Crippen LogP contribution >= 0.6 is 15.9 Å². The molecule has 3 rings (SSSR count). The summed E-state index contributed by atoms with van der Waals surface area (Å²) >= 11 is 3.56. The molecule has 0 spiro atoms. The molecule has 0 atom stereocenters. The number of fused-ring (bicyclic) bond motifs is 1.